The van der Waals surface area contributed by atoms with Gasteiger partial charge >= 0.3 is 0 Å². The van der Waals surface area contributed by atoms with Crippen LogP contribution in [0.2, 0.25) is 0 Å². The van der Waals surface area contributed by atoms with Gasteiger partial charge in [-0.05, 0) is 31.2 Å². The van der Waals surface area contributed by atoms with Crippen LogP contribution in [0.1, 0.15) is 44.0 Å². The van der Waals surface area contributed by atoms with Crippen LogP contribution in [-0.4, -0.2) is 17.7 Å². The number of nitrogens with one attached hydrogen (secondary N) is 1. The summed E-state index contributed by atoms with van der Waals surface area (Å²) >= 11 is 1.71. The van der Waals surface area contributed by atoms with Crippen molar-refractivity contribution in [2.45, 2.75) is 44.6 Å². The van der Waals surface area contributed by atoms with E-state index in [1.807, 2.05) is 24.3 Å². The maximum absolute atomic E-state index is 12.1. The van der Waals surface area contributed by atoms with E-state index in [0.29, 0.717) is 0 Å². The third-order valence-corrected chi connectivity index (χ3v) is 3.49. The van der Waals surface area contributed by atoms with Gasteiger partial charge in [-0.3, -0.25) is 4.79 Å². The molecular formula is C14H21NOS. The summed E-state index contributed by atoms with van der Waals surface area (Å²) in [5.74, 6) is 1.02. The lowest BCUT2D eigenvalue weighted by molar-refractivity contribution is 0.0935. The molecule has 1 aromatic rings. The lowest BCUT2D eigenvalue weighted by Gasteiger charge is -2.14. The first kappa shape index (κ1) is 14.1. The van der Waals surface area contributed by atoms with E-state index in [1.165, 1.54) is 0 Å². The van der Waals surface area contributed by atoms with Gasteiger partial charge in [-0.15, -0.1) is 11.8 Å². The van der Waals surface area contributed by atoms with Gasteiger partial charge in [0.1, 0.15) is 0 Å². The van der Waals surface area contributed by atoms with E-state index < -0.39 is 0 Å². The third-order valence-electron chi connectivity index (χ3n) is 2.53. The highest BCUT2D eigenvalue weighted by molar-refractivity contribution is 7.99. The van der Waals surface area contributed by atoms with E-state index >= 15 is 0 Å². The Morgan fingerprint density at radius 1 is 1.35 bits per heavy atom. The standard InChI is InChI=1S/C14H21NOS/c1-4-8-11(3)15-14(16)12-9-6-7-10-13(12)17-5-2/h6-7,9-11H,4-5,8H2,1-3H3,(H,15,16)/t11-/m1/s1. The summed E-state index contributed by atoms with van der Waals surface area (Å²) in [4.78, 5) is 13.2. The minimum atomic E-state index is 0.0440. The second-order valence-electron chi connectivity index (χ2n) is 4.09. The Labute approximate surface area is 108 Å². The predicted molar refractivity (Wildman–Crippen MR) is 74.7 cm³/mol. The lowest BCUT2D eigenvalue weighted by Crippen LogP contribution is -2.32. The average molecular weight is 251 g/mol. The van der Waals surface area contributed by atoms with E-state index in [2.05, 4.69) is 26.1 Å². The van der Waals surface area contributed by atoms with E-state index in [1.54, 1.807) is 11.8 Å². The largest absolute Gasteiger partial charge is 0.350 e. The van der Waals surface area contributed by atoms with E-state index in [0.717, 1.165) is 29.1 Å². The zero-order chi connectivity index (χ0) is 12.7. The van der Waals surface area contributed by atoms with Crippen LogP contribution < -0.4 is 5.32 Å². The summed E-state index contributed by atoms with van der Waals surface area (Å²) in [5.41, 5.74) is 0.794. The molecule has 0 aliphatic heterocycles. The number of rotatable bonds is 6. The molecule has 0 aliphatic rings. The van der Waals surface area contributed by atoms with Crippen molar-refractivity contribution in [3.05, 3.63) is 29.8 Å². The molecule has 1 aromatic carbocycles. The summed E-state index contributed by atoms with van der Waals surface area (Å²) in [6.07, 6.45) is 2.11. The van der Waals surface area contributed by atoms with Gasteiger partial charge in [-0.2, -0.15) is 0 Å². The van der Waals surface area contributed by atoms with Crippen molar-refractivity contribution in [2.24, 2.45) is 0 Å². The quantitative estimate of drug-likeness (QED) is 0.781. The topological polar surface area (TPSA) is 29.1 Å². The lowest BCUT2D eigenvalue weighted by atomic mass is 10.1. The molecule has 17 heavy (non-hydrogen) atoms. The molecule has 94 valence electrons. The zero-order valence-corrected chi connectivity index (χ0v) is 11.6. The Hall–Kier alpha value is -0.960. The SMILES string of the molecule is CCC[C@@H](C)NC(=O)c1ccccc1SCC. The summed E-state index contributed by atoms with van der Waals surface area (Å²) in [5, 5.41) is 3.04. The average Bonchev–Trinajstić information content (AvgIpc) is 2.30. The molecule has 0 radical (unpaired) electrons. The Kier molecular flexibility index (Phi) is 6.12. The van der Waals surface area contributed by atoms with Gasteiger partial charge < -0.3 is 5.32 Å². The first-order valence-corrected chi connectivity index (χ1v) is 7.20. The van der Waals surface area contributed by atoms with Crippen molar-refractivity contribution in [1.82, 2.24) is 5.32 Å². The first-order chi connectivity index (χ1) is 8.19. The number of carbonyl (C=O) groups is 1. The van der Waals surface area contributed by atoms with Crippen LogP contribution in [-0.2, 0) is 0 Å². The molecule has 1 amide bonds. The Balaban J connectivity index is 2.74. The number of hydrogen-bond acceptors (Lipinski definition) is 2. The van der Waals surface area contributed by atoms with Crippen molar-refractivity contribution >= 4 is 17.7 Å². The second-order valence-corrected chi connectivity index (χ2v) is 5.40. The first-order valence-electron chi connectivity index (χ1n) is 6.21. The molecule has 0 bridgehead atoms. The van der Waals surface area contributed by atoms with Gasteiger partial charge in [0.25, 0.3) is 5.91 Å². The fourth-order valence-electron chi connectivity index (χ4n) is 1.74. The van der Waals surface area contributed by atoms with Crippen molar-refractivity contribution < 1.29 is 4.79 Å². The molecule has 2 nitrogen and oxygen atoms in total. The smallest absolute Gasteiger partial charge is 0.252 e. The highest BCUT2D eigenvalue weighted by atomic mass is 32.2. The number of thioether (sulfide) groups is 1. The fraction of sp³-hybridized carbons (Fsp3) is 0.500. The van der Waals surface area contributed by atoms with Crippen molar-refractivity contribution in [2.75, 3.05) is 5.75 Å². The van der Waals surface area contributed by atoms with Gasteiger partial charge in [0, 0.05) is 10.9 Å². The highest BCUT2D eigenvalue weighted by Crippen LogP contribution is 2.22. The van der Waals surface area contributed by atoms with Crippen molar-refractivity contribution in [3.8, 4) is 0 Å². The molecule has 0 spiro atoms. The molecule has 0 saturated carbocycles. The van der Waals surface area contributed by atoms with E-state index in [4.69, 9.17) is 0 Å². The number of benzene rings is 1. The maximum atomic E-state index is 12.1. The predicted octanol–water partition coefficient (Wildman–Crippen LogP) is 3.72. The molecule has 0 heterocycles. The molecule has 0 saturated heterocycles. The van der Waals surface area contributed by atoms with Crippen LogP contribution in [0, 0.1) is 0 Å². The number of carbonyl (C=O) groups excluding carboxylic acids is 1. The van der Waals surface area contributed by atoms with Gasteiger partial charge in [0.2, 0.25) is 0 Å². The van der Waals surface area contributed by atoms with Gasteiger partial charge in [-0.25, -0.2) is 0 Å². The second kappa shape index (κ2) is 7.38. The van der Waals surface area contributed by atoms with Gasteiger partial charge in [0.15, 0.2) is 0 Å². The Morgan fingerprint density at radius 3 is 2.71 bits per heavy atom. The molecule has 1 atom stereocenters. The summed E-state index contributed by atoms with van der Waals surface area (Å²) in [6.45, 7) is 6.28. The van der Waals surface area contributed by atoms with Crippen LogP contribution in [0.15, 0.2) is 29.2 Å². The third kappa shape index (κ3) is 4.43. The van der Waals surface area contributed by atoms with Gasteiger partial charge in [0.05, 0.1) is 5.56 Å². The van der Waals surface area contributed by atoms with Crippen LogP contribution in [0.4, 0.5) is 0 Å². The highest BCUT2D eigenvalue weighted by Gasteiger charge is 2.12. The molecule has 1 rings (SSSR count). The molecule has 0 aliphatic carbocycles. The van der Waals surface area contributed by atoms with Crippen LogP contribution in [0.3, 0.4) is 0 Å². The summed E-state index contributed by atoms with van der Waals surface area (Å²) < 4.78 is 0. The molecule has 0 aromatic heterocycles. The molecule has 0 unspecified atom stereocenters. The zero-order valence-electron chi connectivity index (χ0n) is 10.8. The summed E-state index contributed by atoms with van der Waals surface area (Å²) in [7, 11) is 0. The molecule has 1 N–H and O–H groups in total. The minimum absolute atomic E-state index is 0.0440. The molecule has 3 heteroatoms. The fourth-order valence-corrected chi connectivity index (χ4v) is 2.54. The van der Waals surface area contributed by atoms with Crippen LogP contribution in [0.25, 0.3) is 0 Å². The Morgan fingerprint density at radius 2 is 2.06 bits per heavy atom. The van der Waals surface area contributed by atoms with Crippen molar-refractivity contribution in [1.29, 1.82) is 0 Å². The molecular weight excluding hydrogens is 230 g/mol. The van der Waals surface area contributed by atoms with Crippen LogP contribution >= 0.6 is 11.8 Å². The van der Waals surface area contributed by atoms with E-state index in [9.17, 15) is 4.79 Å². The number of amides is 1. The molecule has 0 fully saturated rings. The Bertz CT molecular complexity index is 365. The summed E-state index contributed by atoms with van der Waals surface area (Å²) in [6, 6.07) is 8.04. The van der Waals surface area contributed by atoms with Crippen molar-refractivity contribution in [3.63, 3.8) is 0 Å². The number of hydrogen-bond donors (Lipinski definition) is 1. The normalized spacial score (nSPS) is 12.2. The monoisotopic (exact) mass is 251 g/mol. The minimum Gasteiger partial charge on any atom is -0.350 e. The van der Waals surface area contributed by atoms with Crippen LogP contribution in [0.5, 0.6) is 0 Å². The van der Waals surface area contributed by atoms with E-state index in [-0.39, 0.29) is 11.9 Å². The maximum Gasteiger partial charge on any atom is 0.252 e. The van der Waals surface area contributed by atoms with Gasteiger partial charge in [-0.1, -0.05) is 32.4 Å².